The van der Waals surface area contributed by atoms with Crippen LogP contribution in [0.1, 0.15) is 15.9 Å². The lowest BCUT2D eigenvalue weighted by molar-refractivity contribution is 0.112. The molecular formula is C13H12ClNOS. The summed E-state index contributed by atoms with van der Waals surface area (Å²) >= 11 is 7.69. The lowest BCUT2D eigenvalue weighted by Gasteiger charge is -2.19. The summed E-state index contributed by atoms with van der Waals surface area (Å²) < 4.78 is 0. The summed E-state index contributed by atoms with van der Waals surface area (Å²) in [5, 5.41) is 4.68. The van der Waals surface area contributed by atoms with Gasteiger partial charge in [-0.15, -0.1) is 0 Å². The van der Waals surface area contributed by atoms with Gasteiger partial charge in [0.15, 0.2) is 6.29 Å². The molecule has 0 atom stereocenters. The van der Waals surface area contributed by atoms with Crippen molar-refractivity contribution in [3.05, 3.63) is 51.2 Å². The highest BCUT2D eigenvalue weighted by atomic mass is 35.5. The van der Waals surface area contributed by atoms with Crippen LogP contribution in [-0.4, -0.2) is 13.3 Å². The van der Waals surface area contributed by atoms with Crippen LogP contribution < -0.4 is 4.90 Å². The minimum Gasteiger partial charge on any atom is -0.370 e. The second-order valence-corrected chi connectivity index (χ2v) is 5.00. The molecule has 0 aliphatic carbocycles. The number of nitrogens with zero attached hydrogens (tertiary/aromatic N) is 1. The molecule has 4 heteroatoms. The number of rotatable bonds is 4. The molecule has 0 saturated carbocycles. The van der Waals surface area contributed by atoms with Crippen LogP contribution in [0.4, 0.5) is 5.69 Å². The zero-order chi connectivity index (χ0) is 12.3. The summed E-state index contributed by atoms with van der Waals surface area (Å²) in [7, 11) is 2.00. The van der Waals surface area contributed by atoms with Crippen LogP contribution in [-0.2, 0) is 6.54 Å². The van der Waals surface area contributed by atoms with E-state index in [0.717, 1.165) is 18.5 Å². The third-order valence-electron chi connectivity index (χ3n) is 2.55. The summed E-state index contributed by atoms with van der Waals surface area (Å²) in [6.07, 6.45) is 0.769. The molecule has 2 rings (SSSR count). The Hall–Kier alpha value is -1.32. The highest BCUT2D eigenvalue weighted by molar-refractivity contribution is 7.07. The van der Waals surface area contributed by atoms with Gasteiger partial charge in [-0.1, -0.05) is 11.6 Å². The molecule has 2 nitrogen and oxygen atoms in total. The highest BCUT2D eigenvalue weighted by Gasteiger charge is 2.05. The molecule has 1 heterocycles. The normalized spacial score (nSPS) is 10.2. The van der Waals surface area contributed by atoms with E-state index in [2.05, 4.69) is 21.7 Å². The Bertz CT molecular complexity index is 510. The molecule has 0 N–H and O–H groups in total. The van der Waals surface area contributed by atoms with Gasteiger partial charge < -0.3 is 4.90 Å². The van der Waals surface area contributed by atoms with Gasteiger partial charge in [0.1, 0.15) is 0 Å². The number of hydrogen-bond acceptors (Lipinski definition) is 3. The Morgan fingerprint density at radius 3 is 2.82 bits per heavy atom. The first kappa shape index (κ1) is 12.1. The van der Waals surface area contributed by atoms with Gasteiger partial charge in [0.2, 0.25) is 0 Å². The van der Waals surface area contributed by atoms with Gasteiger partial charge in [0, 0.05) is 24.8 Å². The van der Waals surface area contributed by atoms with Gasteiger partial charge in [0.05, 0.1) is 5.02 Å². The van der Waals surface area contributed by atoms with Crippen LogP contribution in [0.5, 0.6) is 0 Å². The first-order valence-electron chi connectivity index (χ1n) is 5.17. The topological polar surface area (TPSA) is 20.3 Å². The van der Waals surface area contributed by atoms with E-state index in [1.807, 2.05) is 19.2 Å². The van der Waals surface area contributed by atoms with E-state index >= 15 is 0 Å². The summed E-state index contributed by atoms with van der Waals surface area (Å²) in [4.78, 5) is 12.8. The number of anilines is 1. The van der Waals surface area contributed by atoms with Crippen molar-refractivity contribution >= 4 is 34.9 Å². The second-order valence-electron chi connectivity index (χ2n) is 3.81. The van der Waals surface area contributed by atoms with Crippen LogP contribution in [0.3, 0.4) is 0 Å². The van der Waals surface area contributed by atoms with E-state index in [9.17, 15) is 4.79 Å². The van der Waals surface area contributed by atoms with E-state index in [-0.39, 0.29) is 0 Å². The van der Waals surface area contributed by atoms with Gasteiger partial charge in [-0.05, 0) is 40.6 Å². The maximum Gasteiger partial charge on any atom is 0.151 e. The molecule has 0 bridgehead atoms. The van der Waals surface area contributed by atoms with Crippen molar-refractivity contribution in [2.45, 2.75) is 6.54 Å². The minimum absolute atomic E-state index is 0.495. The number of aldehydes is 1. The highest BCUT2D eigenvalue weighted by Crippen LogP contribution is 2.23. The first-order chi connectivity index (χ1) is 8.20. The van der Waals surface area contributed by atoms with Crippen LogP contribution in [0, 0.1) is 0 Å². The predicted molar refractivity (Wildman–Crippen MR) is 73.3 cm³/mol. The Morgan fingerprint density at radius 1 is 1.41 bits per heavy atom. The lowest BCUT2D eigenvalue weighted by Crippen LogP contribution is -2.15. The molecule has 17 heavy (non-hydrogen) atoms. The Labute approximate surface area is 109 Å². The molecule has 0 spiro atoms. The first-order valence-corrected chi connectivity index (χ1v) is 6.49. The van der Waals surface area contributed by atoms with Crippen LogP contribution in [0.2, 0.25) is 5.02 Å². The van der Waals surface area contributed by atoms with Gasteiger partial charge in [-0.3, -0.25) is 4.79 Å². The lowest BCUT2D eigenvalue weighted by atomic mass is 10.2. The van der Waals surface area contributed by atoms with Crippen molar-refractivity contribution < 1.29 is 4.79 Å². The van der Waals surface area contributed by atoms with Gasteiger partial charge in [0.25, 0.3) is 0 Å². The van der Waals surface area contributed by atoms with Crippen molar-refractivity contribution in [1.82, 2.24) is 0 Å². The number of benzene rings is 1. The van der Waals surface area contributed by atoms with E-state index in [4.69, 9.17) is 11.6 Å². The minimum atomic E-state index is 0.495. The number of hydrogen-bond donors (Lipinski definition) is 0. The fourth-order valence-corrected chi connectivity index (χ4v) is 2.48. The van der Waals surface area contributed by atoms with Crippen molar-refractivity contribution in [2.75, 3.05) is 11.9 Å². The molecule has 1 aromatic heterocycles. The van der Waals surface area contributed by atoms with E-state index in [0.29, 0.717) is 10.6 Å². The van der Waals surface area contributed by atoms with E-state index < -0.39 is 0 Å². The Balaban J connectivity index is 2.16. The average Bonchev–Trinajstić information content (AvgIpc) is 2.81. The van der Waals surface area contributed by atoms with Gasteiger partial charge in [-0.2, -0.15) is 11.3 Å². The third kappa shape index (κ3) is 2.87. The van der Waals surface area contributed by atoms with Crippen LogP contribution in [0.15, 0.2) is 35.0 Å². The summed E-state index contributed by atoms with van der Waals surface area (Å²) in [5.41, 5.74) is 2.80. The molecule has 1 aromatic carbocycles. The molecule has 0 aliphatic rings. The fourth-order valence-electron chi connectivity index (χ4n) is 1.60. The molecule has 0 fully saturated rings. The van der Waals surface area contributed by atoms with Gasteiger partial charge in [-0.25, -0.2) is 0 Å². The molecule has 0 amide bonds. The molecule has 2 aromatic rings. The SMILES string of the molecule is CN(Cc1ccsc1)c1ccc(C=O)c(Cl)c1. The average molecular weight is 266 g/mol. The van der Waals surface area contributed by atoms with Crippen molar-refractivity contribution in [3.63, 3.8) is 0 Å². The summed E-state index contributed by atoms with van der Waals surface area (Å²) in [6, 6.07) is 7.57. The number of thiophene rings is 1. The standard InChI is InChI=1S/C13H12ClNOS/c1-15(7-10-4-5-17-9-10)12-3-2-11(8-16)13(14)6-12/h2-6,8-9H,7H2,1H3. The number of carbonyl (C=O) groups excluding carboxylic acids is 1. The summed E-state index contributed by atoms with van der Waals surface area (Å²) in [5.74, 6) is 0. The van der Waals surface area contributed by atoms with Crippen LogP contribution >= 0.6 is 22.9 Å². The van der Waals surface area contributed by atoms with Gasteiger partial charge >= 0.3 is 0 Å². The van der Waals surface area contributed by atoms with Crippen LogP contribution in [0.25, 0.3) is 0 Å². The molecule has 0 radical (unpaired) electrons. The zero-order valence-corrected chi connectivity index (χ0v) is 11.0. The van der Waals surface area contributed by atoms with Crippen molar-refractivity contribution in [1.29, 1.82) is 0 Å². The number of carbonyl (C=O) groups is 1. The maximum absolute atomic E-state index is 10.7. The smallest absolute Gasteiger partial charge is 0.151 e. The number of halogens is 1. The zero-order valence-electron chi connectivity index (χ0n) is 9.39. The molecule has 0 saturated heterocycles. The van der Waals surface area contributed by atoms with E-state index in [1.54, 1.807) is 17.4 Å². The molecule has 88 valence electrons. The fraction of sp³-hybridized carbons (Fsp3) is 0.154. The Kier molecular flexibility index (Phi) is 3.82. The molecular weight excluding hydrogens is 254 g/mol. The monoisotopic (exact) mass is 265 g/mol. The van der Waals surface area contributed by atoms with Crippen molar-refractivity contribution in [3.8, 4) is 0 Å². The third-order valence-corrected chi connectivity index (χ3v) is 3.61. The van der Waals surface area contributed by atoms with Crippen molar-refractivity contribution in [2.24, 2.45) is 0 Å². The maximum atomic E-state index is 10.7. The second kappa shape index (κ2) is 5.34. The largest absolute Gasteiger partial charge is 0.370 e. The predicted octanol–water partition coefficient (Wildman–Crippen LogP) is 3.85. The molecule has 0 unspecified atom stereocenters. The Morgan fingerprint density at radius 2 is 2.24 bits per heavy atom. The summed E-state index contributed by atoms with van der Waals surface area (Å²) in [6.45, 7) is 0.834. The molecule has 0 aliphatic heterocycles. The van der Waals surface area contributed by atoms with E-state index in [1.165, 1.54) is 5.56 Å². The quantitative estimate of drug-likeness (QED) is 0.783.